The van der Waals surface area contributed by atoms with Gasteiger partial charge < -0.3 is 19.6 Å². The van der Waals surface area contributed by atoms with Crippen molar-refractivity contribution in [1.29, 1.82) is 0 Å². The molecule has 3 aliphatic rings. The van der Waals surface area contributed by atoms with E-state index < -0.39 is 12.1 Å². The van der Waals surface area contributed by atoms with Crippen LogP contribution in [-0.2, 0) is 16.1 Å². The van der Waals surface area contributed by atoms with E-state index >= 15 is 0 Å². The van der Waals surface area contributed by atoms with Crippen LogP contribution in [0, 0.1) is 19.8 Å². The first-order chi connectivity index (χ1) is 21.8. The van der Waals surface area contributed by atoms with E-state index in [4.69, 9.17) is 14.6 Å². The molecule has 1 aromatic carbocycles. The molecule has 3 aliphatic heterocycles. The summed E-state index contributed by atoms with van der Waals surface area (Å²) < 4.78 is 38.1. The maximum atomic E-state index is 13.3. The molecule has 2 aromatic rings. The minimum absolute atomic E-state index is 0.171. The minimum Gasteiger partial charge on any atom is -0.475 e. The van der Waals surface area contributed by atoms with Crippen LogP contribution in [0.25, 0.3) is 0 Å². The monoisotopic (exact) mass is 646 g/mol. The zero-order valence-electron chi connectivity index (χ0n) is 26.9. The molecule has 5 rings (SSSR count). The lowest BCUT2D eigenvalue weighted by Gasteiger charge is -2.52. The molecule has 0 bridgehead atoms. The van der Waals surface area contributed by atoms with E-state index in [9.17, 15) is 22.8 Å². The van der Waals surface area contributed by atoms with E-state index in [1.807, 2.05) is 60.0 Å². The van der Waals surface area contributed by atoms with Gasteiger partial charge in [0.15, 0.2) is 0 Å². The maximum Gasteiger partial charge on any atom is 0.490 e. The van der Waals surface area contributed by atoms with Crippen molar-refractivity contribution in [2.75, 3.05) is 32.7 Å². The van der Waals surface area contributed by atoms with Crippen LogP contribution >= 0.6 is 0 Å². The van der Waals surface area contributed by atoms with Gasteiger partial charge in [-0.2, -0.15) is 13.2 Å². The number of unbranched alkanes of at least 4 members (excludes halogenated alkanes) is 1. The molecule has 1 atom stereocenters. The third-order valence-corrected chi connectivity index (χ3v) is 9.57. The molecule has 2 amide bonds. The van der Waals surface area contributed by atoms with Crippen molar-refractivity contribution in [2.24, 2.45) is 5.92 Å². The Morgan fingerprint density at radius 3 is 2.20 bits per heavy atom. The van der Waals surface area contributed by atoms with Crippen LogP contribution in [0.3, 0.4) is 0 Å². The third-order valence-electron chi connectivity index (χ3n) is 9.57. The fourth-order valence-electron chi connectivity index (χ4n) is 6.97. The summed E-state index contributed by atoms with van der Waals surface area (Å²) in [5, 5.41) is 7.12. The predicted octanol–water partition coefficient (Wildman–Crippen LogP) is 6.23. The summed E-state index contributed by atoms with van der Waals surface area (Å²) in [6, 6.07) is 12.4. The Hall–Kier alpha value is -3.67. The number of ether oxygens (including phenoxy) is 1. The summed E-state index contributed by atoms with van der Waals surface area (Å²) in [6.45, 7) is 11.0. The molecule has 0 saturated carbocycles. The van der Waals surface area contributed by atoms with E-state index in [1.54, 1.807) is 6.20 Å². The smallest absolute Gasteiger partial charge is 0.475 e. The SMILES string of the molecule is CCCCC1CN(Cc2ccccn2)C(=O)OC12CCN(C1CCN(C(=O)c3c(C)cccc3C)CC1)CC2.O=C(O)C(F)(F)F. The molecule has 46 heavy (non-hydrogen) atoms. The van der Waals surface area contributed by atoms with Gasteiger partial charge in [-0.15, -0.1) is 0 Å². The summed E-state index contributed by atoms with van der Waals surface area (Å²) in [5.74, 6) is -2.24. The predicted molar refractivity (Wildman–Crippen MR) is 166 cm³/mol. The van der Waals surface area contributed by atoms with E-state index in [1.165, 1.54) is 0 Å². The number of rotatable bonds is 7. The van der Waals surface area contributed by atoms with Gasteiger partial charge in [0.05, 0.1) is 12.2 Å². The second-order valence-electron chi connectivity index (χ2n) is 12.6. The number of aliphatic carboxylic acids is 1. The number of carboxylic acid groups (broad SMARTS) is 1. The molecule has 1 unspecified atom stereocenters. The van der Waals surface area contributed by atoms with Gasteiger partial charge in [0.25, 0.3) is 5.91 Å². The molecular weight excluding hydrogens is 601 g/mol. The van der Waals surface area contributed by atoms with Crippen molar-refractivity contribution >= 4 is 18.0 Å². The van der Waals surface area contributed by atoms with Crippen molar-refractivity contribution in [2.45, 2.75) is 90.1 Å². The van der Waals surface area contributed by atoms with Crippen molar-refractivity contribution < 1.29 is 37.4 Å². The zero-order valence-corrected chi connectivity index (χ0v) is 26.9. The summed E-state index contributed by atoms with van der Waals surface area (Å²) in [4.78, 5) is 46.2. The number of halogens is 3. The maximum absolute atomic E-state index is 13.3. The standard InChI is InChI=1S/C32H44N4O3.C2HF3O2/c1-4-5-11-26-22-36(23-27-12-6-7-17-33-27)31(38)39-32(26)15-20-34(21-16-32)28-13-18-35(19-14-28)30(37)29-24(2)9-8-10-25(29)3;3-2(4,5)1(6)7/h6-10,12,17,26,28H,4-5,11,13-16,18-23H2,1-3H3;(H,6,7). The number of likely N-dealkylation sites (tertiary alicyclic amines) is 2. The minimum atomic E-state index is -5.08. The van der Waals surface area contributed by atoms with Gasteiger partial charge >= 0.3 is 18.2 Å². The van der Waals surface area contributed by atoms with E-state index in [2.05, 4.69) is 16.8 Å². The molecule has 252 valence electrons. The van der Waals surface area contributed by atoms with Crippen LogP contribution in [-0.4, -0.2) is 93.3 Å². The number of aromatic nitrogens is 1. The number of carbonyl (C=O) groups excluding carboxylic acids is 2. The van der Waals surface area contributed by atoms with E-state index in [0.717, 1.165) is 100 Å². The number of alkyl halides is 3. The molecular formula is C34H45F3N4O5. The number of nitrogens with zero attached hydrogens (tertiary/aromatic N) is 4. The third kappa shape index (κ3) is 8.57. The van der Waals surface area contributed by atoms with Gasteiger partial charge in [0.2, 0.25) is 0 Å². The Bertz CT molecular complexity index is 1320. The number of hydrogen-bond donors (Lipinski definition) is 1. The molecule has 3 fully saturated rings. The fraction of sp³-hybridized carbons (Fsp3) is 0.588. The van der Waals surface area contributed by atoms with E-state index in [-0.39, 0.29) is 17.6 Å². The molecule has 9 nitrogen and oxygen atoms in total. The summed E-state index contributed by atoms with van der Waals surface area (Å²) in [7, 11) is 0. The Morgan fingerprint density at radius 2 is 1.65 bits per heavy atom. The van der Waals surface area contributed by atoms with Crippen molar-refractivity contribution in [3.63, 3.8) is 0 Å². The van der Waals surface area contributed by atoms with Gasteiger partial charge in [0.1, 0.15) is 5.60 Å². The lowest BCUT2D eigenvalue weighted by molar-refractivity contribution is -0.192. The Balaban J connectivity index is 0.000000617. The van der Waals surface area contributed by atoms with Crippen LogP contribution in [0.15, 0.2) is 42.6 Å². The van der Waals surface area contributed by atoms with Crippen LogP contribution < -0.4 is 0 Å². The number of carboxylic acids is 1. The van der Waals surface area contributed by atoms with Crippen molar-refractivity contribution in [3.05, 3.63) is 65.0 Å². The number of piperidine rings is 2. The number of hydrogen-bond acceptors (Lipinski definition) is 6. The second kappa shape index (κ2) is 15.3. The van der Waals surface area contributed by atoms with Gasteiger partial charge in [-0.3, -0.25) is 14.7 Å². The van der Waals surface area contributed by atoms with Crippen LogP contribution in [0.5, 0.6) is 0 Å². The van der Waals surface area contributed by atoms with Crippen molar-refractivity contribution in [3.8, 4) is 0 Å². The Labute approximate surface area is 268 Å². The first kappa shape index (κ1) is 35.2. The molecule has 12 heteroatoms. The van der Waals surface area contributed by atoms with E-state index in [0.29, 0.717) is 18.5 Å². The van der Waals surface area contributed by atoms with Gasteiger partial charge in [-0.1, -0.05) is 44.0 Å². The van der Waals surface area contributed by atoms with Gasteiger partial charge in [-0.05, 0) is 56.4 Å². The van der Waals surface area contributed by atoms with Crippen LogP contribution in [0.1, 0.15) is 79.0 Å². The number of benzene rings is 1. The van der Waals surface area contributed by atoms with Crippen LogP contribution in [0.4, 0.5) is 18.0 Å². The highest BCUT2D eigenvalue weighted by Crippen LogP contribution is 2.42. The highest BCUT2D eigenvalue weighted by molar-refractivity contribution is 5.97. The zero-order chi connectivity index (χ0) is 33.5. The number of pyridine rings is 1. The molecule has 1 N–H and O–H groups in total. The molecule has 0 aliphatic carbocycles. The summed E-state index contributed by atoms with van der Waals surface area (Å²) in [6.07, 6.45) is 3.67. The number of amides is 2. The Kier molecular flexibility index (Phi) is 11.7. The van der Waals surface area contributed by atoms with Gasteiger partial charge in [0, 0.05) is 69.3 Å². The van der Waals surface area contributed by atoms with Gasteiger partial charge in [-0.25, -0.2) is 9.59 Å². The molecule has 1 spiro atoms. The molecule has 4 heterocycles. The van der Waals surface area contributed by atoms with Crippen molar-refractivity contribution in [1.82, 2.24) is 19.7 Å². The first-order valence-corrected chi connectivity index (χ1v) is 16.1. The molecule has 3 saturated heterocycles. The normalized spacial score (nSPS) is 20.6. The summed E-state index contributed by atoms with van der Waals surface area (Å²) >= 11 is 0. The lowest BCUT2D eigenvalue weighted by Crippen LogP contribution is -2.61. The largest absolute Gasteiger partial charge is 0.490 e. The van der Waals surface area contributed by atoms with Crippen LogP contribution in [0.2, 0.25) is 0 Å². The lowest BCUT2D eigenvalue weighted by atomic mass is 9.75. The number of aryl methyl sites for hydroxylation is 2. The highest BCUT2D eigenvalue weighted by Gasteiger charge is 2.50. The summed E-state index contributed by atoms with van der Waals surface area (Å²) in [5.41, 5.74) is 3.52. The highest BCUT2D eigenvalue weighted by atomic mass is 19.4. The molecule has 0 radical (unpaired) electrons. The average Bonchev–Trinajstić information content (AvgIpc) is 3.02. The average molecular weight is 647 g/mol. The fourth-order valence-corrected chi connectivity index (χ4v) is 6.97. The first-order valence-electron chi connectivity index (χ1n) is 16.1. The Morgan fingerprint density at radius 1 is 1.02 bits per heavy atom. The number of carbonyl (C=O) groups is 3. The molecule has 1 aromatic heterocycles. The topological polar surface area (TPSA) is 103 Å². The quantitative estimate of drug-likeness (QED) is 0.381. The second-order valence-corrected chi connectivity index (χ2v) is 12.6.